The van der Waals surface area contributed by atoms with Gasteiger partial charge in [0.2, 0.25) is 0 Å². The maximum atomic E-state index is 3.86. The lowest BCUT2D eigenvalue weighted by atomic mass is 10.1. The molecular formula is C14H23N. The quantitative estimate of drug-likeness (QED) is 0.601. The second-order valence-corrected chi connectivity index (χ2v) is 2.42. The van der Waals surface area contributed by atoms with E-state index in [4.69, 9.17) is 0 Å². The van der Waals surface area contributed by atoms with Crippen LogP contribution in [0.25, 0.3) is 6.08 Å². The van der Waals surface area contributed by atoms with Gasteiger partial charge in [0.05, 0.1) is 5.69 Å². The zero-order valence-electron chi connectivity index (χ0n) is 10.7. The minimum absolute atomic E-state index is 0.894. The molecule has 0 amide bonds. The third-order valence-electron chi connectivity index (χ3n) is 1.57. The topological polar surface area (TPSA) is 12.4 Å². The van der Waals surface area contributed by atoms with E-state index in [0.717, 1.165) is 11.3 Å². The first-order valence-corrected chi connectivity index (χ1v) is 5.47. The van der Waals surface area contributed by atoms with E-state index in [2.05, 4.69) is 18.3 Å². The normalized spacial score (nSPS) is 7.53. The lowest BCUT2D eigenvalue weighted by Crippen LogP contribution is -1.76. The summed E-state index contributed by atoms with van der Waals surface area (Å²) in [6.45, 7) is 17.2. The van der Waals surface area contributed by atoms with E-state index in [1.807, 2.05) is 52.8 Å². The third kappa shape index (κ3) is 5.84. The van der Waals surface area contributed by atoms with E-state index < -0.39 is 0 Å². The van der Waals surface area contributed by atoms with Crippen molar-refractivity contribution < 1.29 is 0 Å². The summed E-state index contributed by atoms with van der Waals surface area (Å²) in [6.07, 6.45) is 1.79. The number of hydrogen-bond acceptors (Lipinski definition) is 1. The highest BCUT2D eigenvalue weighted by molar-refractivity contribution is 5.65. The molecule has 0 aliphatic rings. The minimum Gasteiger partial charge on any atom is -0.264 e. The van der Waals surface area contributed by atoms with Gasteiger partial charge in [-0.1, -0.05) is 52.0 Å². The number of aryl methyl sites for hydroxylation is 1. The number of aliphatic imine (C=N–C) groups is 1. The molecular weight excluding hydrogens is 182 g/mol. The van der Waals surface area contributed by atoms with Gasteiger partial charge < -0.3 is 0 Å². The van der Waals surface area contributed by atoms with Crippen LogP contribution in [0.15, 0.2) is 29.8 Å². The molecule has 1 aromatic carbocycles. The lowest BCUT2D eigenvalue weighted by molar-refractivity contribution is 1.43. The fraction of sp³-hybridized carbons (Fsp3) is 0.357. The van der Waals surface area contributed by atoms with E-state index >= 15 is 0 Å². The van der Waals surface area contributed by atoms with Crippen LogP contribution in [0.1, 0.15) is 38.8 Å². The third-order valence-corrected chi connectivity index (χ3v) is 1.57. The summed E-state index contributed by atoms with van der Waals surface area (Å²) in [7, 11) is 0. The van der Waals surface area contributed by atoms with E-state index in [1.54, 1.807) is 6.08 Å². The van der Waals surface area contributed by atoms with Crippen LogP contribution in [-0.4, -0.2) is 6.72 Å². The summed E-state index contributed by atoms with van der Waals surface area (Å²) in [4.78, 5) is 3.86. The molecule has 15 heavy (non-hydrogen) atoms. The van der Waals surface area contributed by atoms with Crippen molar-refractivity contribution in [1.82, 2.24) is 0 Å². The minimum atomic E-state index is 0.894. The zero-order valence-corrected chi connectivity index (χ0v) is 10.7. The second kappa shape index (κ2) is 10.7. The first-order valence-electron chi connectivity index (χ1n) is 5.47. The highest BCUT2D eigenvalue weighted by Gasteiger charge is 1.94. The summed E-state index contributed by atoms with van der Waals surface area (Å²) in [5.74, 6) is 0. The molecule has 0 fully saturated rings. The molecule has 0 bridgehead atoms. The van der Waals surface area contributed by atoms with Gasteiger partial charge in [-0.05, 0) is 31.3 Å². The van der Waals surface area contributed by atoms with E-state index in [9.17, 15) is 0 Å². The summed E-state index contributed by atoms with van der Waals surface area (Å²) in [6, 6.07) is 5.99. The molecule has 1 nitrogen and oxygen atoms in total. The van der Waals surface area contributed by atoms with Gasteiger partial charge in [-0.15, -0.1) is 0 Å². The molecule has 1 aromatic rings. The molecule has 0 aliphatic carbocycles. The van der Waals surface area contributed by atoms with Crippen molar-refractivity contribution in [3.05, 3.63) is 35.9 Å². The van der Waals surface area contributed by atoms with Gasteiger partial charge in [-0.3, -0.25) is 4.99 Å². The number of nitrogens with zero attached hydrogens (tertiary/aromatic N) is 1. The van der Waals surface area contributed by atoms with Crippen molar-refractivity contribution in [2.24, 2.45) is 4.99 Å². The molecule has 1 heteroatoms. The number of benzene rings is 1. The van der Waals surface area contributed by atoms with E-state index in [-0.39, 0.29) is 0 Å². The summed E-state index contributed by atoms with van der Waals surface area (Å²) in [5.41, 5.74) is 3.15. The van der Waals surface area contributed by atoms with Crippen molar-refractivity contribution in [1.29, 1.82) is 0 Å². The number of hydrogen-bond donors (Lipinski definition) is 0. The van der Waals surface area contributed by atoms with Crippen LogP contribution in [0.2, 0.25) is 0 Å². The molecule has 0 saturated carbocycles. The Morgan fingerprint density at radius 2 is 1.67 bits per heavy atom. The van der Waals surface area contributed by atoms with E-state index in [1.165, 1.54) is 5.56 Å². The summed E-state index contributed by atoms with van der Waals surface area (Å²) in [5, 5.41) is 0. The predicted molar refractivity (Wildman–Crippen MR) is 73.2 cm³/mol. The van der Waals surface area contributed by atoms with Crippen molar-refractivity contribution >= 4 is 18.5 Å². The Kier molecular flexibility index (Phi) is 11.5. The molecule has 0 heterocycles. The molecule has 0 N–H and O–H groups in total. The van der Waals surface area contributed by atoms with Gasteiger partial charge in [0.25, 0.3) is 0 Å². The molecule has 0 saturated heterocycles. The van der Waals surface area contributed by atoms with Crippen LogP contribution in [-0.2, 0) is 0 Å². The Morgan fingerprint density at radius 3 is 2.07 bits per heavy atom. The van der Waals surface area contributed by atoms with Crippen LogP contribution < -0.4 is 0 Å². The van der Waals surface area contributed by atoms with Gasteiger partial charge >= 0.3 is 0 Å². The van der Waals surface area contributed by atoms with Gasteiger partial charge in [0, 0.05) is 0 Å². The van der Waals surface area contributed by atoms with Crippen molar-refractivity contribution in [3.63, 3.8) is 0 Å². The van der Waals surface area contributed by atoms with Gasteiger partial charge in [-0.25, -0.2) is 0 Å². The fourth-order valence-corrected chi connectivity index (χ4v) is 0.981. The standard InChI is InChI=1S/C10H11N.2C2H6/c1-4-9-7-8(2)5-6-10(9)11-3;2*1-2/h4-7H,1,3H2,2H3;2*1-2H3. The highest BCUT2D eigenvalue weighted by atomic mass is 14.7. The fourth-order valence-electron chi connectivity index (χ4n) is 0.981. The van der Waals surface area contributed by atoms with Gasteiger partial charge in [-0.2, -0.15) is 0 Å². The Balaban J connectivity index is 0. The molecule has 0 aliphatic heterocycles. The number of rotatable bonds is 2. The summed E-state index contributed by atoms with van der Waals surface area (Å²) >= 11 is 0. The molecule has 0 aromatic heterocycles. The van der Waals surface area contributed by atoms with Crippen LogP contribution in [0.5, 0.6) is 0 Å². The highest BCUT2D eigenvalue weighted by Crippen LogP contribution is 2.20. The summed E-state index contributed by atoms with van der Waals surface area (Å²) < 4.78 is 0. The largest absolute Gasteiger partial charge is 0.264 e. The first kappa shape index (κ1) is 16.1. The Morgan fingerprint density at radius 1 is 1.13 bits per heavy atom. The Bertz CT molecular complexity index is 287. The van der Waals surface area contributed by atoms with Crippen LogP contribution in [0.4, 0.5) is 5.69 Å². The second-order valence-electron chi connectivity index (χ2n) is 2.42. The van der Waals surface area contributed by atoms with Crippen LogP contribution in [0, 0.1) is 6.92 Å². The molecule has 84 valence electrons. The maximum Gasteiger partial charge on any atom is 0.0694 e. The molecule has 1 rings (SSSR count). The average Bonchev–Trinajstić information content (AvgIpc) is 2.34. The Hall–Kier alpha value is -1.37. The Labute approximate surface area is 94.6 Å². The van der Waals surface area contributed by atoms with Gasteiger partial charge in [0.15, 0.2) is 0 Å². The van der Waals surface area contributed by atoms with Crippen molar-refractivity contribution in [2.75, 3.05) is 0 Å². The van der Waals surface area contributed by atoms with E-state index in [0.29, 0.717) is 0 Å². The molecule has 0 spiro atoms. The SMILES string of the molecule is C=Cc1cc(C)ccc1N=C.CC.CC. The molecule has 0 atom stereocenters. The monoisotopic (exact) mass is 205 g/mol. The average molecular weight is 205 g/mol. The lowest BCUT2D eigenvalue weighted by Gasteiger charge is -1.99. The van der Waals surface area contributed by atoms with Crippen LogP contribution in [0.3, 0.4) is 0 Å². The molecule has 0 radical (unpaired) electrons. The first-order chi connectivity index (χ1) is 7.27. The smallest absolute Gasteiger partial charge is 0.0694 e. The molecule has 0 unspecified atom stereocenters. The predicted octanol–water partition coefficient (Wildman–Crippen LogP) is 5.02. The van der Waals surface area contributed by atoms with Crippen molar-refractivity contribution in [2.45, 2.75) is 34.6 Å². The van der Waals surface area contributed by atoms with Crippen molar-refractivity contribution in [3.8, 4) is 0 Å². The van der Waals surface area contributed by atoms with Gasteiger partial charge in [0.1, 0.15) is 0 Å². The zero-order chi connectivity index (χ0) is 12.3. The maximum absolute atomic E-state index is 3.86. The van der Waals surface area contributed by atoms with Crippen LogP contribution >= 0.6 is 0 Å².